The van der Waals surface area contributed by atoms with Gasteiger partial charge >= 0.3 is 5.97 Å². The standard InChI is InChI=1S/C18H25NO2/c1-17(2,16(20)21)13-14-3-5-15(6-4-14)18-7-10-19(11-8-18)12-9-18/h3-6H,7-13H2,1-2H3,(H,20,21). The van der Waals surface area contributed by atoms with Gasteiger partial charge in [0.05, 0.1) is 5.41 Å². The van der Waals surface area contributed by atoms with E-state index in [-0.39, 0.29) is 0 Å². The molecule has 0 amide bonds. The first-order chi connectivity index (χ1) is 9.91. The van der Waals surface area contributed by atoms with Crippen molar-refractivity contribution in [3.63, 3.8) is 0 Å². The fourth-order valence-electron chi connectivity index (χ4n) is 3.82. The fourth-order valence-corrected chi connectivity index (χ4v) is 3.82. The second kappa shape index (κ2) is 5.13. The molecule has 0 aliphatic carbocycles. The van der Waals surface area contributed by atoms with Crippen LogP contribution in [-0.4, -0.2) is 35.6 Å². The lowest BCUT2D eigenvalue weighted by atomic mass is 9.67. The lowest BCUT2D eigenvalue weighted by Crippen LogP contribution is -2.50. The number of fused-ring (bicyclic) bond motifs is 3. The summed E-state index contributed by atoms with van der Waals surface area (Å²) in [6.07, 6.45) is 4.40. The van der Waals surface area contributed by atoms with Gasteiger partial charge in [-0.15, -0.1) is 0 Å². The number of piperidine rings is 3. The second-order valence-corrected chi connectivity index (χ2v) is 7.43. The molecule has 0 aromatic heterocycles. The van der Waals surface area contributed by atoms with Gasteiger partial charge in [-0.25, -0.2) is 0 Å². The first-order valence-electron chi connectivity index (χ1n) is 7.97. The topological polar surface area (TPSA) is 40.5 Å². The van der Waals surface area contributed by atoms with Crippen LogP contribution >= 0.6 is 0 Å². The van der Waals surface area contributed by atoms with Gasteiger partial charge in [0.2, 0.25) is 0 Å². The van der Waals surface area contributed by atoms with Crippen molar-refractivity contribution in [1.82, 2.24) is 4.90 Å². The van der Waals surface area contributed by atoms with E-state index in [0.29, 0.717) is 11.8 Å². The molecule has 3 fully saturated rings. The number of carboxylic acid groups (broad SMARTS) is 1. The summed E-state index contributed by atoms with van der Waals surface area (Å²) in [5.41, 5.74) is 2.26. The van der Waals surface area contributed by atoms with Gasteiger partial charge in [0.25, 0.3) is 0 Å². The highest BCUT2D eigenvalue weighted by molar-refractivity contribution is 5.74. The molecule has 3 nitrogen and oxygen atoms in total. The van der Waals surface area contributed by atoms with E-state index < -0.39 is 11.4 Å². The number of carbonyl (C=O) groups is 1. The molecule has 1 N–H and O–H groups in total. The van der Waals surface area contributed by atoms with Crippen LogP contribution in [0.3, 0.4) is 0 Å². The maximum Gasteiger partial charge on any atom is 0.309 e. The summed E-state index contributed by atoms with van der Waals surface area (Å²) in [6.45, 7) is 7.27. The molecule has 0 saturated carbocycles. The van der Waals surface area contributed by atoms with Crippen LogP contribution in [0.2, 0.25) is 0 Å². The Balaban J connectivity index is 1.77. The predicted molar refractivity (Wildman–Crippen MR) is 83.5 cm³/mol. The van der Waals surface area contributed by atoms with Crippen LogP contribution < -0.4 is 0 Å². The van der Waals surface area contributed by atoms with Crippen molar-refractivity contribution in [2.75, 3.05) is 19.6 Å². The zero-order valence-corrected chi connectivity index (χ0v) is 13.1. The quantitative estimate of drug-likeness (QED) is 0.925. The third-order valence-corrected chi connectivity index (χ3v) is 5.51. The van der Waals surface area contributed by atoms with Crippen LogP contribution in [0.15, 0.2) is 24.3 Å². The Morgan fingerprint density at radius 2 is 1.67 bits per heavy atom. The molecule has 0 unspecified atom stereocenters. The SMILES string of the molecule is CC(C)(Cc1ccc(C23CCN(CC2)CC3)cc1)C(=O)O. The highest BCUT2D eigenvalue weighted by Crippen LogP contribution is 2.42. The van der Waals surface area contributed by atoms with E-state index in [2.05, 4.69) is 29.2 Å². The third kappa shape index (κ3) is 2.71. The predicted octanol–water partition coefficient (Wildman–Crippen LogP) is 3.08. The van der Waals surface area contributed by atoms with E-state index in [1.54, 1.807) is 13.8 Å². The summed E-state index contributed by atoms with van der Waals surface area (Å²) in [7, 11) is 0. The summed E-state index contributed by atoms with van der Waals surface area (Å²) in [5.74, 6) is -0.732. The monoisotopic (exact) mass is 287 g/mol. The van der Waals surface area contributed by atoms with Crippen LogP contribution in [0, 0.1) is 5.41 Å². The molecular formula is C18H25NO2. The van der Waals surface area contributed by atoms with E-state index in [1.807, 2.05) is 0 Å². The minimum Gasteiger partial charge on any atom is -0.481 e. The molecule has 0 atom stereocenters. The molecule has 1 aromatic carbocycles. The minimum absolute atomic E-state index is 0.385. The average Bonchev–Trinajstić information content (AvgIpc) is 2.49. The van der Waals surface area contributed by atoms with Crippen LogP contribution in [-0.2, 0) is 16.6 Å². The normalized spacial score (nSPS) is 28.6. The van der Waals surface area contributed by atoms with Crippen molar-refractivity contribution in [1.29, 1.82) is 0 Å². The van der Waals surface area contributed by atoms with Crippen molar-refractivity contribution in [3.8, 4) is 0 Å². The molecule has 3 saturated heterocycles. The highest BCUT2D eigenvalue weighted by Gasteiger charge is 2.40. The lowest BCUT2D eigenvalue weighted by Gasteiger charge is -2.49. The van der Waals surface area contributed by atoms with E-state index in [4.69, 9.17) is 0 Å². The fraction of sp³-hybridized carbons (Fsp3) is 0.611. The van der Waals surface area contributed by atoms with Gasteiger partial charge in [-0.05, 0) is 75.7 Å². The maximum atomic E-state index is 11.2. The summed E-state index contributed by atoms with van der Waals surface area (Å²) < 4.78 is 0. The molecule has 2 bridgehead atoms. The van der Waals surface area contributed by atoms with Gasteiger partial charge in [-0.3, -0.25) is 4.79 Å². The van der Waals surface area contributed by atoms with Gasteiger partial charge in [-0.1, -0.05) is 24.3 Å². The molecule has 4 rings (SSSR count). The maximum absolute atomic E-state index is 11.2. The van der Waals surface area contributed by atoms with E-state index in [0.717, 1.165) is 5.56 Å². The summed E-state index contributed by atoms with van der Waals surface area (Å²) in [6, 6.07) is 8.76. The van der Waals surface area contributed by atoms with Crippen molar-refractivity contribution in [2.45, 2.75) is 44.9 Å². The Hall–Kier alpha value is -1.35. The number of aliphatic carboxylic acids is 1. The van der Waals surface area contributed by atoms with Gasteiger partial charge in [0.1, 0.15) is 0 Å². The average molecular weight is 287 g/mol. The van der Waals surface area contributed by atoms with Gasteiger partial charge in [-0.2, -0.15) is 0 Å². The minimum atomic E-state index is -0.732. The van der Waals surface area contributed by atoms with Gasteiger partial charge in [0.15, 0.2) is 0 Å². The Bertz CT molecular complexity index is 511. The molecule has 3 aliphatic rings. The van der Waals surface area contributed by atoms with Crippen molar-refractivity contribution >= 4 is 5.97 Å². The third-order valence-electron chi connectivity index (χ3n) is 5.51. The van der Waals surface area contributed by atoms with Crippen molar-refractivity contribution in [2.24, 2.45) is 5.41 Å². The van der Waals surface area contributed by atoms with Gasteiger partial charge in [0, 0.05) is 0 Å². The van der Waals surface area contributed by atoms with E-state index in [1.165, 1.54) is 44.5 Å². The first kappa shape index (κ1) is 14.6. The molecule has 21 heavy (non-hydrogen) atoms. The highest BCUT2D eigenvalue weighted by atomic mass is 16.4. The first-order valence-corrected chi connectivity index (χ1v) is 7.97. The molecule has 0 radical (unpaired) electrons. The van der Waals surface area contributed by atoms with E-state index >= 15 is 0 Å². The number of carboxylic acids is 1. The largest absolute Gasteiger partial charge is 0.481 e. The zero-order chi connectivity index (χ0) is 15.1. The van der Waals surface area contributed by atoms with E-state index in [9.17, 15) is 9.90 Å². The molecule has 3 heteroatoms. The zero-order valence-electron chi connectivity index (χ0n) is 13.1. The molecule has 114 valence electrons. The Kier molecular flexibility index (Phi) is 3.56. The summed E-state index contributed by atoms with van der Waals surface area (Å²) in [4.78, 5) is 13.8. The number of benzene rings is 1. The molecule has 3 heterocycles. The molecule has 0 spiro atoms. The van der Waals surface area contributed by atoms with Crippen LogP contribution in [0.1, 0.15) is 44.2 Å². The van der Waals surface area contributed by atoms with Crippen LogP contribution in [0.5, 0.6) is 0 Å². The lowest BCUT2D eigenvalue weighted by molar-refractivity contribution is -0.146. The second-order valence-electron chi connectivity index (χ2n) is 7.43. The summed E-state index contributed by atoms with van der Waals surface area (Å²) in [5, 5.41) is 9.24. The number of hydrogen-bond acceptors (Lipinski definition) is 2. The van der Waals surface area contributed by atoms with Gasteiger partial charge < -0.3 is 10.0 Å². The summed E-state index contributed by atoms with van der Waals surface area (Å²) >= 11 is 0. The number of nitrogens with zero attached hydrogens (tertiary/aromatic N) is 1. The molecule has 3 aliphatic heterocycles. The number of rotatable bonds is 4. The van der Waals surface area contributed by atoms with Crippen molar-refractivity contribution < 1.29 is 9.90 Å². The van der Waals surface area contributed by atoms with Crippen LogP contribution in [0.4, 0.5) is 0 Å². The smallest absolute Gasteiger partial charge is 0.309 e. The molecule has 1 aromatic rings. The number of hydrogen-bond donors (Lipinski definition) is 1. The van der Waals surface area contributed by atoms with Crippen molar-refractivity contribution in [3.05, 3.63) is 35.4 Å². The Morgan fingerprint density at radius 3 is 2.14 bits per heavy atom. The van der Waals surface area contributed by atoms with Crippen LogP contribution in [0.25, 0.3) is 0 Å². The Labute approximate surface area is 127 Å². The Morgan fingerprint density at radius 1 is 1.14 bits per heavy atom. The molecular weight excluding hydrogens is 262 g/mol.